The van der Waals surface area contributed by atoms with Crippen LogP contribution in [0.25, 0.3) is 66.4 Å². The summed E-state index contributed by atoms with van der Waals surface area (Å²) in [6.45, 7) is 0. The molecule has 236 valence electrons. The Morgan fingerprint density at radius 1 is 0.380 bits per heavy atom. The van der Waals surface area contributed by atoms with Gasteiger partial charge in [-0.3, -0.25) is 0 Å². The van der Waals surface area contributed by atoms with E-state index in [9.17, 15) is 11.0 Å². The van der Waals surface area contributed by atoms with Gasteiger partial charge in [-0.2, -0.15) is 0 Å². The van der Waals surface area contributed by atoms with E-state index in [1.54, 1.807) is 0 Å². The van der Waals surface area contributed by atoms with Crippen LogP contribution in [0.2, 0.25) is 0 Å². The molecule has 2 nitrogen and oxygen atoms in total. The standard InChI is InChI=1S/C48H33NO/c1-4-16-34(17-5-1)35-30-32-38(33-31-35)49(44-27-15-29-46-48(44)42-24-12-13-28-45(42)50-46)43-26-14-25-40(37-20-8-3-9-21-37)47(43)41-23-11-10-22-39(41)36-18-6-2-7-19-36/h1-33H/i1D,2D,3D,4D,5D,6D,7D,8D,9D,10D,11D,12D,13D,14D,15D,16D,17D,18D,19D,20D,21D,22D,23D,24D,25D,28D,29D,30D,31D. The maximum Gasteiger partial charge on any atom is 0.137 e. The van der Waals surface area contributed by atoms with E-state index in [2.05, 4.69) is 0 Å². The Hall–Kier alpha value is -6.64. The van der Waals surface area contributed by atoms with Gasteiger partial charge in [-0.25, -0.2) is 0 Å². The van der Waals surface area contributed by atoms with E-state index >= 15 is 0 Å². The lowest BCUT2D eigenvalue weighted by Gasteiger charge is -2.30. The summed E-state index contributed by atoms with van der Waals surface area (Å²) in [6.07, 6.45) is 0. The van der Waals surface area contributed by atoms with E-state index in [0.29, 0.717) is 0 Å². The Labute approximate surface area is 332 Å². The van der Waals surface area contributed by atoms with Crippen molar-refractivity contribution >= 4 is 39.0 Å². The van der Waals surface area contributed by atoms with Crippen LogP contribution in [0.1, 0.15) is 39.8 Å². The first-order valence-corrected chi connectivity index (χ1v) is 14.6. The number of nitrogens with zero attached hydrogens (tertiary/aromatic N) is 1. The van der Waals surface area contributed by atoms with Gasteiger partial charge in [-0.05, 0) is 75.3 Å². The van der Waals surface area contributed by atoms with Crippen molar-refractivity contribution in [3.05, 3.63) is 199 Å². The molecule has 0 fully saturated rings. The first kappa shape index (κ1) is 12.0. The molecule has 1 heterocycles. The predicted molar refractivity (Wildman–Crippen MR) is 210 cm³/mol. The minimum Gasteiger partial charge on any atom is -0.456 e. The van der Waals surface area contributed by atoms with Gasteiger partial charge in [0.2, 0.25) is 0 Å². The molecule has 0 saturated heterocycles. The number of furan rings is 1. The van der Waals surface area contributed by atoms with Crippen LogP contribution in [-0.2, 0) is 0 Å². The summed E-state index contributed by atoms with van der Waals surface area (Å²) in [5.41, 5.74) is -9.57. The van der Waals surface area contributed by atoms with Crippen molar-refractivity contribution < 1.29 is 44.2 Å². The van der Waals surface area contributed by atoms with Crippen LogP contribution in [-0.4, -0.2) is 0 Å². The third kappa shape index (κ3) is 5.24. The summed E-state index contributed by atoms with van der Waals surface area (Å²) >= 11 is 0. The Kier molecular flexibility index (Phi) is 3.07. The van der Waals surface area contributed by atoms with E-state index in [-0.39, 0.29) is 0 Å². The molecule has 9 rings (SSSR count). The molecule has 50 heavy (non-hydrogen) atoms. The van der Waals surface area contributed by atoms with Crippen molar-refractivity contribution in [2.24, 2.45) is 0 Å². The third-order valence-electron chi connectivity index (χ3n) is 7.55. The molecule has 0 aliphatic carbocycles. The summed E-state index contributed by atoms with van der Waals surface area (Å²) in [6, 6.07) is -23.4. The highest BCUT2D eigenvalue weighted by atomic mass is 16.3. The SMILES string of the molecule is [2H]c1cc(N(c2cc([2H])c(-c3c([2H])c([2H])c([2H])c([2H])c3[2H])c([2H])c2)c2cc([2H])c([2H])c3oc4c([2H])c([2H])c([2H])c([2H])c4c23)c(-c2c([2H])c([2H])c([2H])c([2H])c2-c2c([2H])c([2H])c([2H])c([2H])c2[2H])c(-c2c([2H])c([2H])c([2H])c([2H])c2[2H])c1[2H]. The fourth-order valence-corrected chi connectivity index (χ4v) is 5.50. The van der Waals surface area contributed by atoms with E-state index < -0.39 is 259 Å². The van der Waals surface area contributed by atoms with E-state index in [4.69, 9.17) is 33.2 Å². The smallest absolute Gasteiger partial charge is 0.137 e. The van der Waals surface area contributed by atoms with Crippen molar-refractivity contribution in [1.29, 1.82) is 0 Å². The topological polar surface area (TPSA) is 16.4 Å². The molecule has 0 radical (unpaired) electrons. The Balaban J connectivity index is 1.63. The largest absolute Gasteiger partial charge is 0.456 e. The van der Waals surface area contributed by atoms with Gasteiger partial charge in [-0.15, -0.1) is 0 Å². The van der Waals surface area contributed by atoms with E-state index in [1.807, 2.05) is 0 Å². The van der Waals surface area contributed by atoms with Gasteiger partial charge in [-0.1, -0.05) is 163 Å². The van der Waals surface area contributed by atoms with Crippen LogP contribution in [0.15, 0.2) is 204 Å². The summed E-state index contributed by atoms with van der Waals surface area (Å²) in [7, 11) is 0. The maximum absolute atomic E-state index is 9.70. The van der Waals surface area contributed by atoms with Crippen LogP contribution in [0.5, 0.6) is 0 Å². The monoisotopic (exact) mass is 668 g/mol. The second-order valence-corrected chi connectivity index (χ2v) is 10.3. The van der Waals surface area contributed by atoms with Gasteiger partial charge < -0.3 is 9.32 Å². The number of hydrogen-bond acceptors (Lipinski definition) is 2. The van der Waals surface area contributed by atoms with Crippen LogP contribution >= 0.6 is 0 Å². The first-order chi connectivity index (χ1) is 36.8. The fourth-order valence-electron chi connectivity index (χ4n) is 5.50. The Bertz CT molecular complexity index is 4150. The highest BCUT2D eigenvalue weighted by Crippen LogP contribution is 2.50. The molecule has 9 aromatic rings. The molecule has 0 spiro atoms. The molecular weight excluding hydrogens is 607 g/mol. The van der Waals surface area contributed by atoms with Crippen molar-refractivity contribution in [2.75, 3.05) is 4.90 Å². The van der Waals surface area contributed by atoms with Gasteiger partial charge in [0.05, 0.1) is 56.5 Å². The molecule has 1 aromatic heterocycles. The molecule has 2 heteroatoms. The highest BCUT2D eigenvalue weighted by Gasteiger charge is 2.25. The summed E-state index contributed by atoms with van der Waals surface area (Å²) in [5, 5.41) is -0.923. The zero-order valence-electron chi connectivity index (χ0n) is 54.2. The number of rotatable bonds is 7. The molecule has 0 atom stereocenters. The number of para-hydroxylation sites is 1. The van der Waals surface area contributed by atoms with E-state index in [0.717, 1.165) is 29.2 Å². The Morgan fingerprint density at radius 3 is 1.60 bits per heavy atom. The fraction of sp³-hybridized carbons (Fsp3) is 0. The lowest BCUT2D eigenvalue weighted by Crippen LogP contribution is -2.12. The quantitative estimate of drug-likeness (QED) is 0.168. The third-order valence-corrected chi connectivity index (χ3v) is 7.55. The van der Waals surface area contributed by atoms with Gasteiger partial charge in [0, 0.05) is 16.6 Å². The van der Waals surface area contributed by atoms with Crippen molar-refractivity contribution in [3.8, 4) is 44.5 Å². The van der Waals surface area contributed by atoms with Crippen LogP contribution in [0, 0.1) is 0 Å². The lowest BCUT2D eigenvalue weighted by atomic mass is 9.87. The molecule has 0 aliphatic rings. The first-order valence-electron chi connectivity index (χ1n) is 29.1. The lowest BCUT2D eigenvalue weighted by molar-refractivity contribution is 0.669. The molecule has 8 aromatic carbocycles. The number of anilines is 3. The molecule has 0 amide bonds. The number of fused-ring (bicyclic) bond motifs is 3. The van der Waals surface area contributed by atoms with Gasteiger partial charge in [0.1, 0.15) is 11.2 Å². The average molecular weight is 669 g/mol. The second kappa shape index (κ2) is 12.8. The van der Waals surface area contributed by atoms with Gasteiger partial charge >= 0.3 is 0 Å². The highest BCUT2D eigenvalue weighted by molar-refractivity contribution is 6.14. The molecule has 0 unspecified atom stereocenters. The van der Waals surface area contributed by atoms with Gasteiger partial charge in [0.25, 0.3) is 0 Å². The molecule has 0 aliphatic heterocycles. The van der Waals surface area contributed by atoms with Crippen LogP contribution in [0.3, 0.4) is 0 Å². The zero-order chi connectivity index (χ0) is 58.5. The molecule has 0 saturated carbocycles. The minimum absolute atomic E-state index is 0.451. The number of benzene rings is 8. The minimum atomic E-state index is -1.13. The summed E-state index contributed by atoms with van der Waals surface area (Å²) < 4.78 is 265. The molecular formula is C48H33NO. The number of hydrogen-bond donors (Lipinski definition) is 0. The van der Waals surface area contributed by atoms with Crippen LogP contribution < -0.4 is 4.90 Å². The summed E-state index contributed by atoms with van der Waals surface area (Å²) in [4.78, 5) is 0.899. The van der Waals surface area contributed by atoms with Gasteiger partial charge in [0.15, 0.2) is 0 Å². The molecule has 0 N–H and O–H groups in total. The maximum atomic E-state index is 9.70. The van der Waals surface area contributed by atoms with E-state index in [1.165, 1.54) is 0 Å². The van der Waals surface area contributed by atoms with Crippen molar-refractivity contribution in [3.63, 3.8) is 0 Å². The molecule has 0 bridgehead atoms. The average Bonchev–Trinajstić information content (AvgIpc) is 4.08. The van der Waals surface area contributed by atoms with Crippen molar-refractivity contribution in [1.82, 2.24) is 0 Å². The normalized spacial score (nSPS) is 19.3. The second-order valence-electron chi connectivity index (χ2n) is 10.3. The Morgan fingerprint density at radius 2 is 0.880 bits per heavy atom. The van der Waals surface area contributed by atoms with Crippen LogP contribution in [0.4, 0.5) is 17.1 Å². The zero-order valence-corrected chi connectivity index (χ0v) is 25.2. The van der Waals surface area contributed by atoms with Crippen molar-refractivity contribution in [2.45, 2.75) is 0 Å². The predicted octanol–water partition coefficient (Wildman–Crippen LogP) is 13.7. The summed E-state index contributed by atoms with van der Waals surface area (Å²) in [5.74, 6) is 0.